The molecule has 1 aromatic heterocycles. The third-order valence-corrected chi connectivity index (χ3v) is 1.31. The first-order valence-corrected chi connectivity index (χ1v) is 3.58. The van der Waals surface area contributed by atoms with Crippen LogP contribution in [0.15, 0.2) is 6.33 Å². The fraction of sp³-hybridized carbons (Fsp3) is 0.286. The Balaban J connectivity index is 2.93. The smallest absolute Gasteiger partial charge is 0.357 e. The average Bonchev–Trinajstić information content (AvgIpc) is 2.52. The maximum atomic E-state index is 11.0. The van der Waals surface area contributed by atoms with E-state index in [1.54, 1.807) is 6.92 Å². The molecule has 0 spiro atoms. The van der Waals surface area contributed by atoms with E-state index < -0.39 is 17.6 Å². The summed E-state index contributed by atoms with van der Waals surface area (Å²) in [5.41, 5.74) is -0.625. The van der Waals surface area contributed by atoms with Gasteiger partial charge in [0.25, 0.3) is 0 Å². The largest absolute Gasteiger partial charge is 0.543 e. The van der Waals surface area contributed by atoms with Crippen molar-refractivity contribution in [3.63, 3.8) is 0 Å². The highest BCUT2D eigenvalue weighted by molar-refractivity contribution is 5.98. The number of esters is 1. The minimum atomic E-state index is -1.51. The summed E-state index contributed by atoms with van der Waals surface area (Å²) >= 11 is 0. The molecule has 0 atom stereocenters. The molecule has 1 aromatic rings. The van der Waals surface area contributed by atoms with E-state index in [-0.39, 0.29) is 12.3 Å². The molecule has 0 saturated heterocycles. The number of hydrogen-bond acceptors (Lipinski definition) is 5. The lowest BCUT2D eigenvalue weighted by Gasteiger charge is -2.02. The predicted octanol–water partition coefficient (Wildman–Crippen LogP) is -1.05. The van der Waals surface area contributed by atoms with E-state index in [1.807, 2.05) is 0 Å². The highest BCUT2D eigenvalue weighted by atomic mass is 16.5. The lowest BCUT2D eigenvalue weighted by molar-refractivity contribution is -0.255. The number of rotatable bonds is 3. The van der Waals surface area contributed by atoms with Crippen LogP contribution in [-0.4, -0.2) is 28.5 Å². The first kappa shape index (κ1) is 9.24. The van der Waals surface area contributed by atoms with Crippen LogP contribution in [0.5, 0.6) is 0 Å². The number of aromatic carboxylic acids is 1. The van der Waals surface area contributed by atoms with Crippen LogP contribution in [0.4, 0.5) is 0 Å². The molecule has 0 aromatic carbocycles. The summed E-state index contributed by atoms with van der Waals surface area (Å²) in [5.74, 6) is -2.26. The number of nitrogens with zero attached hydrogens (tertiary/aromatic N) is 1. The highest BCUT2D eigenvalue weighted by Crippen LogP contribution is 2.03. The van der Waals surface area contributed by atoms with Gasteiger partial charge in [0.2, 0.25) is 0 Å². The number of nitrogens with one attached hydrogen (secondary N) is 1. The van der Waals surface area contributed by atoms with Crippen molar-refractivity contribution < 1.29 is 19.4 Å². The number of ether oxygens (including phenoxy) is 1. The Morgan fingerprint density at radius 1 is 1.69 bits per heavy atom. The monoisotopic (exact) mass is 183 g/mol. The number of imidazole rings is 1. The highest BCUT2D eigenvalue weighted by Gasteiger charge is 2.15. The first-order chi connectivity index (χ1) is 6.16. The molecule has 0 aliphatic rings. The van der Waals surface area contributed by atoms with Gasteiger partial charge >= 0.3 is 5.97 Å². The number of carbonyl (C=O) groups is 2. The zero-order valence-corrected chi connectivity index (χ0v) is 6.86. The van der Waals surface area contributed by atoms with Crippen molar-refractivity contribution >= 4 is 11.9 Å². The van der Waals surface area contributed by atoms with Gasteiger partial charge in [-0.05, 0) is 6.92 Å². The summed E-state index contributed by atoms with van der Waals surface area (Å²) in [6.45, 7) is 1.79. The molecular formula is C7H7N2O4-. The molecule has 0 unspecified atom stereocenters. The summed E-state index contributed by atoms with van der Waals surface area (Å²) in [7, 11) is 0. The molecule has 0 aliphatic carbocycles. The molecule has 1 rings (SSSR count). The minimum Gasteiger partial charge on any atom is -0.543 e. The van der Waals surface area contributed by atoms with Crippen LogP contribution in [-0.2, 0) is 4.74 Å². The molecule has 6 nitrogen and oxygen atoms in total. The average molecular weight is 183 g/mol. The Bertz CT molecular complexity index is 331. The molecule has 13 heavy (non-hydrogen) atoms. The van der Waals surface area contributed by atoms with Crippen molar-refractivity contribution in [2.45, 2.75) is 6.92 Å². The van der Waals surface area contributed by atoms with E-state index in [4.69, 9.17) is 0 Å². The Morgan fingerprint density at radius 2 is 2.38 bits per heavy atom. The van der Waals surface area contributed by atoms with E-state index in [0.29, 0.717) is 0 Å². The molecule has 1 heterocycles. The van der Waals surface area contributed by atoms with Gasteiger partial charge in [0.15, 0.2) is 5.69 Å². The zero-order chi connectivity index (χ0) is 9.84. The van der Waals surface area contributed by atoms with Gasteiger partial charge in [-0.3, -0.25) is 0 Å². The summed E-state index contributed by atoms with van der Waals surface area (Å²) in [4.78, 5) is 27.2. The topological polar surface area (TPSA) is 95.1 Å². The minimum absolute atomic E-state index is 0.171. The number of carboxylic acid groups (broad SMARTS) is 1. The summed E-state index contributed by atoms with van der Waals surface area (Å²) in [5, 5.41) is 10.4. The third-order valence-electron chi connectivity index (χ3n) is 1.31. The lowest BCUT2D eigenvalue weighted by atomic mass is 10.3. The number of H-pyrrole nitrogens is 1. The van der Waals surface area contributed by atoms with Gasteiger partial charge in [-0.25, -0.2) is 9.78 Å². The van der Waals surface area contributed by atoms with Crippen molar-refractivity contribution in [3.05, 3.63) is 17.7 Å². The van der Waals surface area contributed by atoms with Crippen molar-refractivity contribution in [2.24, 2.45) is 0 Å². The van der Waals surface area contributed by atoms with E-state index in [2.05, 4.69) is 14.7 Å². The van der Waals surface area contributed by atoms with Gasteiger partial charge in [0.1, 0.15) is 5.69 Å². The van der Waals surface area contributed by atoms with Crippen LogP contribution in [0.3, 0.4) is 0 Å². The molecule has 0 fully saturated rings. The maximum absolute atomic E-state index is 11.0. The van der Waals surface area contributed by atoms with Crippen molar-refractivity contribution in [1.82, 2.24) is 9.97 Å². The molecule has 1 N–H and O–H groups in total. The molecule has 0 saturated carbocycles. The van der Waals surface area contributed by atoms with Gasteiger partial charge in [0, 0.05) is 0 Å². The molecule has 70 valence electrons. The standard InChI is InChI=1S/C7H8N2O4/c1-2-13-7(12)5-4(6(10)11)8-3-9-5/h3H,2H2,1H3,(H,8,9)(H,10,11)/p-1. The molecule has 0 amide bonds. The first-order valence-electron chi connectivity index (χ1n) is 3.58. The van der Waals surface area contributed by atoms with Crippen LogP contribution >= 0.6 is 0 Å². The second-order valence-corrected chi connectivity index (χ2v) is 2.13. The Morgan fingerprint density at radius 3 is 2.92 bits per heavy atom. The predicted molar refractivity (Wildman–Crippen MR) is 38.9 cm³/mol. The fourth-order valence-electron chi connectivity index (χ4n) is 0.808. The maximum Gasteiger partial charge on any atom is 0.357 e. The van der Waals surface area contributed by atoms with E-state index in [1.165, 1.54) is 0 Å². The van der Waals surface area contributed by atoms with Gasteiger partial charge in [-0.2, -0.15) is 0 Å². The second-order valence-electron chi connectivity index (χ2n) is 2.13. The Kier molecular flexibility index (Phi) is 2.63. The zero-order valence-electron chi connectivity index (χ0n) is 6.86. The normalized spacial score (nSPS) is 9.62. The SMILES string of the molecule is CCOC(=O)c1[nH]cnc1C(=O)[O-]. The van der Waals surface area contributed by atoms with Crippen LogP contribution in [0, 0.1) is 0 Å². The fourth-order valence-corrected chi connectivity index (χ4v) is 0.808. The van der Waals surface area contributed by atoms with E-state index >= 15 is 0 Å². The third kappa shape index (κ3) is 1.84. The van der Waals surface area contributed by atoms with Gasteiger partial charge in [-0.1, -0.05) is 0 Å². The number of aromatic amines is 1. The summed E-state index contributed by atoms with van der Waals surface area (Å²) in [6, 6.07) is 0. The molecule has 6 heteroatoms. The van der Waals surface area contributed by atoms with Crippen molar-refractivity contribution in [3.8, 4) is 0 Å². The van der Waals surface area contributed by atoms with Crippen LogP contribution < -0.4 is 5.11 Å². The molecule has 0 radical (unpaired) electrons. The van der Waals surface area contributed by atoms with Crippen LogP contribution in [0.25, 0.3) is 0 Å². The van der Waals surface area contributed by atoms with Crippen molar-refractivity contribution in [2.75, 3.05) is 6.61 Å². The summed E-state index contributed by atoms with van der Waals surface area (Å²) < 4.78 is 4.58. The van der Waals surface area contributed by atoms with Crippen LogP contribution in [0.2, 0.25) is 0 Å². The molecular weight excluding hydrogens is 176 g/mol. The van der Waals surface area contributed by atoms with Gasteiger partial charge in [0.05, 0.1) is 18.9 Å². The summed E-state index contributed by atoms with van der Waals surface area (Å²) in [6.07, 6.45) is 1.09. The number of hydrogen-bond donors (Lipinski definition) is 1. The second kappa shape index (κ2) is 3.70. The lowest BCUT2D eigenvalue weighted by Crippen LogP contribution is -2.25. The quantitative estimate of drug-likeness (QED) is 0.603. The molecule has 0 bridgehead atoms. The Hall–Kier alpha value is -1.85. The van der Waals surface area contributed by atoms with E-state index in [0.717, 1.165) is 6.33 Å². The van der Waals surface area contributed by atoms with Crippen LogP contribution in [0.1, 0.15) is 27.9 Å². The van der Waals surface area contributed by atoms with E-state index in [9.17, 15) is 14.7 Å². The molecule has 0 aliphatic heterocycles. The van der Waals surface area contributed by atoms with Crippen molar-refractivity contribution in [1.29, 1.82) is 0 Å². The van der Waals surface area contributed by atoms with Gasteiger partial charge in [-0.15, -0.1) is 0 Å². The number of carbonyl (C=O) groups excluding carboxylic acids is 2. The number of aromatic nitrogens is 2. The Labute approximate surface area is 73.6 Å². The van der Waals surface area contributed by atoms with Gasteiger partial charge < -0.3 is 19.6 Å². The number of carboxylic acids is 1.